The molecule has 0 radical (unpaired) electrons. The highest BCUT2D eigenvalue weighted by molar-refractivity contribution is 7.80. The molecule has 26 heavy (non-hydrogen) atoms. The van der Waals surface area contributed by atoms with Crippen LogP contribution in [0.5, 0.6) is 0 Å². The number of carbonyl (C=O) groups excluding carboxylic acids is 1. The smallest absolute Gasteiger partial charge is 0.241 e. The van der Waals surface area contributed by atoms with Crippen LogP contribution in [0.25, 0.3) is 0 Å². The number of carbonyl (C=O) groups is 1. The van der Waals surface area contributed by atoms with Crippen molar-refractivity contribution in [3.63, 3.8) is 0 Å². The van der Waals surface area contributed by atoms with E-state index in [2.05, 4.69) is 29.4 Å². The van der Waals surface area contributed by atoms with Gasteiger partial charge in [-0.05, 0) is 50.7 Å². The van der Waals surface area contributed by atoms with Gasteiger partial charge >= 0.3 is 0 Å². The van der Waals surface area contributed by atoms with Gasteiger partial charge in [-0.25, -0.2) is 4.39 Å². The van der Waals surface area contributed by atoms with E-state index in [1.807, 2.05) is 11.8 Å². The van der Waals surface area contributed by atoms with Gasteiger partial charge in [-0.2, -0.15) is 0 Å². The fraction of sp³-hybridized carbons (Fsp3) is 0.579. The molecule has 2 saturated heterocycles. The summed E-state index contributed by atoms with van der Waals surface area (Å²) in [7, 11) is 0. The third-order valence-electron chi connectivity index (χ3n) is 5.18. The Morgan fingerprint density at radius 1 is 1.35 bits per heavy atom. The summed E-state index contributed by atoms with van der Waals surface area (Å²) in [6.45, 7) is 8.14. The van der Waals surface area contributed by atoms with Crippen molar-refractivity contribution in [1.82, 2.24) is 20.4 Å². The van der Waals surface area contributed by atoms with E-state index in [0.717, 1.165) is 36.6 Å². The predicted molar refractivity (Wildman–Crippen MR) is 104 cm³/mol. The van der Waals surface area contributed by atoms with Gasteiger partial charge in [0.05, 0.1) is 11.7 Å². The van der Waals surface area contributed by atoms with Crippen LogP contribution in [0.15, 0.2) is 24.3 Å². The van der Waals surface area contributed by atoms with Crippen molar-refractivity contribution in [2.24, 2.45) is 0 Å². The number of piperidine rings is 1. The fourth-order valence-corrected chi connectivity index (χ4v) is 4.24. The van der Waals surface area contributed by atoms with Crippen LogP contribution in [-0.2, 0) is 11.3 Å². The molecule has 0 aromatic heterocycles. The van der Waals surface area contributed by atoms with Crippen molar-refractivity contribution in [2.45, 2.75) is 57.9 Å². The number of nitrogens with one attached hydrogen (secondary N) is 2. The number of thiocarbonyl (C=S) groups is 1. The second-order valence-corrected chi connectivity index (χ2v) is 7.93. The monoisotopic (exact) mass is 378 g/mol. The van der Waals surface area contributed by atoms with Crippen LogP contribution in [-0.4, -0.2) is 51.7 Å². The number of hydrogen-bond acceptors (Lipinski definition) is 3. The molecule has 2 aliphatic heterocycles. The van der Waals surface area contributed by atoms with Crippen LogP contribution in [0.1, 0.15) is 39.2 Å². The van der Waals surface area contributed by atoms with Crippen molar-refractivity contribution in [3.8, 4) is 0 Å². The Kier molecular flexibility index (Phi) is 5.48. The first-order chi connectivity index (χ1) is 12.3. The lowest BCUT2D eigenvalue weighted by atomic mass is 9.95. The number of amides is 1. The molecule has 2 aliphatic rings. The second kappa shape index (κ2) is 7.48. The first-order valence-electron chi connectivity index (χ1n) is 9.20. The van der Waals surface area contributed by atoms with E-state index >= 15 is 0 Å². The molecule has 2 N–H and O–H groups in total. The predicted octanol–water partition coefficient (Wildman–Crippen LogP) is 2.22. The van der Waals surface area contributed by atoms with Crippen LogP contribution in [0.3, 0.4) is 0 Å². The molecule has 2 heterocycles. The van der Waals surface area contributed by atoms with E-state index in [1.54, 1.807) is 12.1 Å². The van der Waals surface area contributed by atoms with Gasteiger partial charge < -0.3 is 15.1 Å². The third-order valence-corrected chi connectivity index (χ3v) is 5.56. The van der Waals surface area contributed by atoms with Crippen LogP contribution in [0, 0.1) is 5.82 Å². The molecule has 7 heteroatoms. The van der Waals surface area contributed by atoms with Crippen LogP contribution in [0.2, 0.25) is 0 Å². The van der Waals surface area contributed by atoms with Gasteiger partial charge in [-0.15, -0.1) is 0 Å². The van der Waals surface area contributed by atoms with Crippen molar-refractivity contribution in [1.29, 1.82) is 0 Å². The molecule has 1 unspecified atom stereocenters. The maximum Gasteiger partial charge on any atom is 0.241 e. The van der Waals surface area contributed by atoms with E-state index in [9.17, 15) is 9.18 Å². The van der Waals surface area contributed by atoms with E-state index in [1.165, 1.54) is 12.1 Å². The molecule has 1 aromatic carbocycles. The minimum absolute atomic E-state index is 0.102. The van der Waals surface area contributed by atoms with Gasteiger partial charge in [-0.1, -0.05) is 12.1 Å². The van der Waals surface area contributed by atoms with Crippen molar-refractivity contribution in [3.05, 3.63) is 35.6 Å². The van der Waals surface area contributed by atoms with Gasteiger partial charge in [0, 0.05) is 38.5 Å². The number of halogens is 1. The average Bonchev–Trinajstić information content (AvgIpc) is 2.81. The second-order valence-electron chi connectivity index (χ2n) is 7.54. The number of likely N-dealkylation sites (tertiary alicyclic amines) is 1. The Balaban J connectivity index is 1.72. The zero-order chi connectivity index (χ0) is 18.9. The Bertz CT molecular complexity index is 671. The highest BCUT2D eigenvalue weighted by Crippen LogP contribution is 2.33. The average molecular weight is 379 g/mol. The highest BCUT2D eigenvalue weighted by atomic mass is 32.1. The SMILES string of the molecule is CC(C)NC(=S)N1CCC2(CC1)NC(C)C(=O)N2Cc1ccc(F)cc1. The Morgan fingerprint density at radius 3 is 2.54 bits per heavy atom. The lowest BCUT2D eigenvalue weighted by Gasteiger charge is -2.45. The molecule has 5 nitrogen and oxygen atoms in total. The van der Waals surface area contributed by atoms with Crippen molar-refractivity contribution < 1.29 is 9.18 Å². The van der Waals surface area contributed by atoms with E-state index < -0.39 is 0 Å². The summed E-state index contributed by atoms with van der Waals surface area (Å²) in [6.07, 6.45) is 1.62. The largest absolute Gasteiger partial charge is 0.360 e. The Hall–Kier alpha value is -1.73. The summed E-state index contributed by atoms with van der Waals surface area (Å²) < 4.78 is 13.2. The molecule has 1 spiro atoms. The molecule has 1 atom stereocenters. The molecule has 142 valence electrons. The number of rotatable bonds is 3. The van der Waals surface area contributed by atoms with Crippen LogP contribution in [0.4, 0.5) is 4.39 Å². The van der Waals surface area contributed by atoms with Crippen LogP contribution < -0.4 is 10.6 Å². The normalized spacial score (nSPS) is 22.3. The summed E-state index contributed by atoms with van der Waals surface area (Å²) in [5, 5.41) is 7.57. The molecule has 0 aliphatic carbocycles. The first kappa shape index (κ1) is 19.0. The standard InChI is InChI=1S/C19H27FN4OS/c1-13(2)21-18(26)23-10-8-19(9-11-23)22-14(3)17(25)24(19)12-15-4-6-16(20)7-5-15/h4-7,13-14,22H,8-12H2,1-3H3,(H,21,26). The molecule has 1 amide bonds. The maximum absolute atomic E-state index is 13.2. The Labute approximate surface area is 159 Å². The minimum Gasteiger partial charge on any atom is -0.360 e. The number of benzene rings is 1. The zero-order valence-corrected chi connectivity index (χ0v) is 16.4. The van der Waals surface area contributed by atoms with Gasteiger partial charge in [0.15, 0.2) is 5.11 Å². The van der Waals surface area contributed by atoms with Crippen molar-refractivity contribution >= 4 is 23.2 Å². The van der Waals surface area contributed by atoms with E-state index in [4.69, 9.17) is 12.2 Å². The number of nitrogens with zero attached hydrogens (tertiary/aromatic N) is 2. The first-order valence-corrected chi connectivity index (χ1v) is 9.61. The molecule has 0 bridgehead atoms. The number of hydrogen-bond donors (Lipinski definition) is 2. The lowest BCUT2D eigenvalue weighted by Crippen LogP contribution is -2.60. The summed E-state index contributed by atoms with van der Waals surface area (Å²) >= 11 is 5.48. The highest BCUT2D eigenvalue weighted by Gasteiger charge is 2.50. The van der Waals surface area contributed by atoms with Gasteiger partial charge in [0.2, 0.25) is 5.91 Å². The quantitative estimate of drug-likeness (QED) is 0.790. The topological polar surface area (TPSA) is 47.6 Å². The molecule has 3 rings (SSSR count). The van der Waals surface area contributed by atoms with Crippen LogP contribution >= 0.6 is 12.2 Å². The minimum atomic E-state index is -0.352. The summed E-state index contributed by atoms with van der Waals surface area (Å²) in [5.41, 5.74) is 0.587. The third kappa shape index (κ3) is 3.83. The molecule has 1 aromatic rings. The fourth-order valence-electron chi connectivity index (χ4n) is 3.82. The molecular weight excluding hydrogens is 351 g/mol. The van der Waals surface area contributed by atoms with Gasteiger partial charge in [-0.3, -0.25) is 10.1 Å². The van der Waals surface area contributed by atoms with E-state index in [-0.39, 0.29) is 23.4 Å². The van der Waals surface area contributed by atoms with Crippen molar-refractivity contribution in [2.75, 3.05) is 13.1 Å². The lowest BCUT2D eigenvalue weighted by molar-refractivity contribution is -0.133. The van der Waals surface area contributed by atoms with Gasteiger partial charge in [0.25, 0.3) is 0 Å². The zero-order valence-electron chi connectivity index (χ0n) is 15.6. The summed E-state index contributed by atoms with van der Waals surface area (Å²) in [6, 6.07) is 6.48. The Morgan fingerprint density at radius 2 is 1.96 bits per heavy atom. The molecule has 2 fully saturated rings. The van der Waals surface area contributed by atoms with E-state index in [0.29, 0.717) is 12.6 Å². The molecule has 0 saturated carbocycles. The maximum atomic E-state index is 13.2. The summed E-state index contributed by atoms with van der Waals surface area (Å²) in [4.78, 5) is 16.9. The van der Waals surface area contributed by atoms with Gasteiger partial charge in [0.1, 0.15) is 5.82 Å². The summed E-state index contributed by atoms with van der Waals surface area (Å²) in [5.74, 6) is -0.159. The molecular formula is C19H27FN4OS.